The second-order valence-electron chi connectivity index (χ2n) is 5.52. The van der Waals surface area contributed by atoms with Crippen molar-refractivity contribution in [1.82, 2.24) is 5.32 Å². The van der Waals surface area contributed by atoms with Crippen molar-refractivity contribution in [2.45, 2.75) is 26.8 Å². The van der Waals surface area contributed by atoms with Crippen molar-refractivity contribution in [1.29, 1.82) is 0 Å². The first-order valence-corrected chi connectivity index (χ1v) is 9.94. The summed E-state index contributed by atoms with van der Waals surface area (Å²) >= 11 is 14.9. The van der Waals surface area contributed by atoms with Crippen LogP contribution < -0.4 is 20.1 Å². The molecule has 7 heteroatoms. The number of hydrogen-bond acceptors (Lipinski definition) is 3. The van der Waals surface area contributed by atoms with Crippen molar-refractivity contribution in [2.24, 2.45) is 0 Å². The lowest BCUT2D eigenvalue weighted by Crippen LogP contribution is -2.30. The predicted molar refractivity (Wildman–Crippen MR) is 116 cm³/mol. The predicted octanol–water partition coefficient (Wildman–Crippen LogP) is 5.95. The number of hydrogen-bond donors (Lipinski definition) is 2. The summed E-state index contributed by atoms with van der Waals surface area (Å²) in [5.74, 6) is 1.48. The van der Waals surface area contributed by atoms with E-state index in [2.05, 4.69) is 26.6 Å². The molecular formula is C19H22BrClN2O2S. The van der Waals surface area contributed by atoms with Crippen molar-refractivity contribution in [3.05, 3.63) is 51.5 Å². The van der Waals surface area contributed by atoms with Gasteiger partial charge < -0.3 is 20.1 Å². The standard InChI is InChI=1S/C19H22BrClN2O2S/c1-4-24-17-9-6-13(10-18(17)25-5-2)12(3)22-19(26)23-14-7-8-15(20)16(21)11-14/h6-12H,4-5H2,1-3H3,(H2,22,23,26)/t12-/m1/s1. The first kappa shape index (κ1) is 20.8. The smallest absolute Gasteiger partial charge is 0.171 e. The third-order valence-electron chi connectivity index (χ3n) is 3.59. The molecule has 0 aliphatic heterocycles. The van der Waals surface area contributed by atoms with Crippen molar-refractivity contribution in [2.75, 3.05) is 18.5 Å². The molecular weight excluding hydrogens is 436 g/mol. The summed E-state index contributed by atoms with van der Waals surface area (Å²) in [6.07, 6.45) is 0. The number of anilines is 1. The Bertz CT molecular complexity index is 773. The van der Waals surface area contributed by atoms with Gasteiger partial charge in [-0.15, -0.1) is 0 Å². The molecule has 0 saturated heterocycles. The summed E-state index contributed by atoms with van der Waals surface area (Å²) in [6, 6.07) is 11.5. The quantitative estimate of drug-likeness (QED) is 0.503. The molecule has 2 N–H and O–H groups in total. The SMILES string of the molecule is CCOc1ccc([C@@H](C)NC(=S)Nc2ccc(Br)c(Cl)c2)cc1OCC. The number of halogens is 2. The lowest BCUT2D eigenvalue weighted by atomic mass is 10.1. The maximum atomic E-state index is 6.11. The lowest BCUT2D eigenvalue weighted by Gasteiger charge is -2.19. The molecule has 1 atom stereocenters. The fourth-order valence-corrected chi connectivity index (χ4v) is 3.08. The van der Waals surface area contributed by atoms with Crippen molar-refractivity contribution < 1.29 is 9.47 Å². The maximum Gasteiger partial charge on any atom is 0.171 e. The van der Waals surface area contributed by atoms with Crippen LogP contribution in [-0.2, 0) is 0 Å². The zero-order valence-corrected chi connectivity index (χ0v) is 18.1. The highest BCUT2D eigenvalue weighted by molar-refractivity contribution is 9.10. The molecule has 0 amide bonds. The van der Waals surface area contributed by atoms with Gasteiger partial charge in [-0.3, -0.25) is 0 Å². The molecule has 26 heavy (non-hydrogen) atoms. The molecule has 0 aromatic heterocycles. The highest BCUT2D eigenvalue weighted by Crippen LogP contribution is 2.31. The first-order valence-electron chi connectivity index (χ1n) is 8.36. The summed E-state index contributed by atoms with van der Waals surface area (Å²) < 4.78 is 12.1. The van der Waals surface area contributed by atoms with Gasteiger partial charge in [-0.25, -0.2) is 0 Å². The van der Waals surface area contributed by atoms with Crippen LogP contribution >= 0.6 is 39.7 Å². The Morgan fingerprint density at radius 2 is 1.81 bits per heavy atom. The molecule has 0 radical (unpaired) electrons. The van der Waals surface area contributed by atoms with Gasteiger partial charge >= 0.3 is 0 Å². The van der Waals surface area contributed by atoms with Crippen LogP contribution in [0.2, 0.25) is 5.02 Å². The summed E-state index contributed by atoms with van der Waals surface area (Å²) in [7, 11) is 0. The van der Waals surface area contributed by atoms with Crippen LogP contribution in [0.4, 0.5) is 5.69 Å². The molecule has 0 spiro atoms. The highest BCUT2D eigenvalue weighted by Gasteiger charge is 2.12. The molecule has 0 saturated carbocycles. The van der Waals surface area contributed by atoms with Crippen LogP contribution in [0.15, 0.2) is 40.9 Å². The normalized spacial score (nSPS) is 11.6. The van der Waals surface area contributed by atoms with Crippen LogP contribution in [0.25, 0.3) is 0 Å². The van der Waals surface area contributed by atoms with Crippen molar-refractivity contribution >= 4 is 50.5 Å². The topological polar surface area (TPSA) is 42.5 Å². The van der Waals surface area contributed by atoms with Gasteiger partial charge in [-0.2, -0.15) is 0 Å². The van der Waals surface area contributed by atoms with Gasteiger partial charge in [0.25, 0.3) is 0 Å². The highest BCUT2D eigenvalue weighted by atomic mass is 79.9. The van der Waals surface area contributed by atoms with Gasteiger partial charge in [0.1, 0.15) is 0 Å². The first-order chi connectivity index (χ1) is 12.4. The Labute approximate surface area is 173 Å². The summed E-state index contributed by atoms with van der Waals surface area (Å²) in [5.41, 5.74) is 1.87. The van der Waals surface area contributed by atoms with E-state index in [-0.39, 0.29) is 6.04 Å². The second kappa shape index (κ2) is 10.00. The van der Waals surface area contributed by atoms with E-state index in [4.69, 9.17) is 33.3 Å². The largest absolute Gasteiger partial charge is 0.490 e. The van der Waals surface area contributed by atoms with E-state index >= 15 is 0 Å². The van der Waals surface area contributed by atoms with Crippen LogP contribution in [0.1, 0.15) is 32.4 Å². The number of nitrogens with one attached hydrogen (secondary N) is 2. The van der Waals surface area contributed by atoms with E-state index < -0.39 is 0 Å². The van der Waals surface area contributed by atoms with Gasteiger partial charge in [-0.05, 0) is 84.8 Å². The van der Waals surface area contributed by atoms with Crippen LogP contribution in [0.3, 0.4) is 0 Å². The van der Waals surface area contributed by atoms with E-state index in [1.807, 2.05) is 57.2 Å². The van der Waals surface area contributed by atoms with E-state index in [0.717, 1.165) is 27.2 Å². The zero-order valence-electron chi connectivity index (χ0n) is 14.9. The molecule has 2 aromatic rings. The number of ether oxygens (including phenoxy) is 2. The molecule has 0 bridgehead atoms. The Balaban J connectivity index is 2.05. The lowest BCUT2D eigenvalue weighted by molar-refractivity contribution is 0.287. The van der Waals surface area contributed by atoms with E-state index in [1.165, 1.54) is 0 Å². The molecule has 0 aliphatic rings. The number of thiocarbonyl (C=S) groups is 1. The van der Waals surface area contributed by atoms with Crippen molar-refractivity contribution in [3.8, 4) is 11.5 Å². The van der Waals surface area contributed by atoms with Gasteiger partial charge in [-0.1, -0.05) is 17.7 Å². The summed E-state index contributed by atoms with van der Waals surface area (Å²) in [4.78, 5) is 0. The minimum atomic E-state index is -0.00389. The maximum absolute atomic E-state index is 6.11. The van der Waals surface area contributed by atoms with Crippen LogP contribution in [0.5, 0.6) is 11.5 Å². The number of rotatable bonds is 7. The van der Waals surface area contributed by atoms with E-state index in [1.54, 1.807) is 0 Å². The van der Waals surface area contributed by atoms with Gasteiger partial charge in [0.05, 0.1) is 24.3 Å². The molecule has 2 aromatic carbocycles. The molecule has 0 heterocycles. The molecule has 4 nitrogen and oxygen atoms in total. The van der Waals surface area contributed by atoms with Crippen molar-refractivity contribution in [3.63, 3.8) is 0 Å². The second-order valence-corrected chi connectivity index (χ2v) is 7.19. The van der Waals surface area contributed by atoms with Gasteiger partial charge in [0.2, 0.25) is 0 Å². The number of benzene rings is 2. The summed E-state index contributed by atoms with van der Waals surface area (Å²) in [6.45, 7) is 7.11. The van der Waals surface area contributed by atoms with E-state index in [9.17, 15) is 0 Å². The molecule has 0 aliphatic carbocycles. The Morgan fingerprint density at radius 1 is 1.12 bits per heavy atom. The zero-order chi connectivity index (χ0) is 19.1. The Hall–Kier alpha value is -1.50. The monoisotopic (exact) mass is 456 g/mol. The minimum Gasteiger partial charge on any atom is -0.490 e. The molecule has 140 valence electrons. The van der Waals surface area contributed by atoms with E-state index in [0.29, 0.717) is 23.3 Å². The minimum absolute atomic E-state index is 0.00389. The van der Waals surface area contributed by atoms with Gasteiger partial charge in [0, 0.05) is 10.2 Å². The van der Waals surface area contributed by atoms with Crippen LogP contribution in [0, 0.1) is 0 Å². The fourth-order valence-electron chi connectivity index (χ4n) is 2.36. The average molecular weight is 458 g/mol. The third-order valence-corrected chi connectivity index (χ3v) is 5.04. The average Bonchev–Trinajstić information content (AvgIpc) is 2.60. The molecule has 2 rings (SSSR count). The van der Waals surface area contributed by atoms with Crippen LogP contribution in [-0.4, -0.2) is 18.3 Å². The Kier molecular flexibility index (Phi) is 8.00. The molecule has 0 unspecified atom stereocenters. The summed E-state index contributed by atoms with van der Waals surface area (Å²) in [5, 5.41) is 7.55. The van der Waals surface area contributed by atoms with Gasteiger partial charge in [0.15, 0.2) is 16.6 Å². The molecule has 0 fully saturated rings. The fraction of sp³-hybridized carbons (Fsp3) is 0.316. The Morgan fingerprint density at radius 3 is 2.46 bits per heavy atom. The third kappa shape index (κ3) is 5.76.